The van der Waals surface area contributed by atoms with Crippen LogP contribution in [0.25, 0.3) is 5.69 Å². The van der Waals surface area contributed by atoms with Gasteiger partial charge >= 0.3 is 0 Å². The van der Waals surface area contributed by atoms with E-state index in [1.165, 1.54) is 22.4 Å². The van der Waals surface area contributed by atoms with Gasteiger partial charge < -0.3 is 10.1 Å². The SMILES string of the molecule is COc1ccc(C)cc1CNCc1c(C)nn(-c2ccccc2)c1C. The minimum absolute atomic E-state index is 0.764. The molecule has 0 aliphatic heterocycles. The number of benzene rings is 2. The lowest BCUT2D eigenvalue weighted by Crippen LogP contribution is -2.14. The summed E-state index contributed by atoms with van der Waals surface area (Å²) < 4.78 is 7.47. The van der Waals surface area contributed by atoms with E-state index in [4.69, 9.17) is 9.84 Å². The van der Waals surface area contributed by atoms with Crippen molar-refractivity contribution in [1.29, 1.82) is 0 Å². The third-order valence-electron chi connectivity index (χ3n) is 4.50. The lowest BCUT2D eigenvalue weighted by atomic mass is 10.1. The van der Waals surface area contributed by atoms with E-state index in [-0.39, 0.29) is 0 Å². The quantitative estimate of drug-likeness (QED) is 0.737. The van der Waals surface area contributed by atoms with Crippen LogP contribution in [0, 0.1) is 20.8 Å². The molecule has 0 spiro atoms. The smallest absolute Gasteiger partial charge is 0.123 e. The third-order valence-corrected chi connectivity index (χ3v) is 4.50. The lowest BCUT2D eigenvalue weighted by Gasteiger charge is -2.11. The van der Waals surface area contributed by atoms with Crippen LogP contribution in [-0.2, 0) is 13.1 Å². The summed E-state index contributed by atoms with van der Waals surface area (Å²) in [5.74, 6) is 0.923. The first-order chi connectivity index (χ1) is 12.1. The molecule has 1 aromatic heterocycles. The molecule has 0 aliphatic carbocycles. The number of nitrogens with one attached hydrogen (secondary N) is 1. The van der Waals surface area contributed by atoms with Crippen molar-refractivity contribution in [2.24, 2.45) is 0 Å². The Kier molecular flexibility index (Phi) is 5.19. The summed E-state index contributed by atoms with van der Waals surface area (Å²) in [5.41, 5.74) is 6.98. The first-order valence-electron chi connectivity index (χ1n) is 8.55. The predicted molar refractivity (Wildman–Crippen MR) is 101 cm³/mol. The highest BCUT2D eigenvalue weighted by Gasteiger charge is 2.12. The fourth-order valence-electron chi connectivity index (χ4n) is 3.12. The van der Waals surface area contributed by atoms with Gasteiger partial charge in [0.05, 0.1) is 18.5 Å². The molecule has 0 saturated carbocycles. The molecule has 0 unspecified atom stereocenters. The number of rotatable bonds is 6. The van der Waals surface area contributed by atoms with Crippen LogP contribution in [0.15, 0.2) is 48.5 Å². The Morgan fingerprint density at radius 1 is 1.00 bits per heavy atom. The van der Waals surface area contributed by atoms with Gasteiger partial charge in [0.15, 0.2) is 0 Å². The standard InChI is InChI=1S/C21H25N3O/c1-15-10-11-21(25-4)18(12-15)13-22-14-20-16(2)23-24(17(20)3)19-8-6-5-7-9-19/h5-12,22H,13-14H2,1-4H3. The maximum Gasteiger partial charge on any atom is 0.123 e. The molecular formula is C21H25N3O. The molecule has 4 nitrogen and oxygen atoms in total. The predicted octanol–water partition coefficient (Wildman–Crippen LogP) is 4.10. The van der Waals surface area contributed by atoms with Crippen molar-refractivity contribution >= 4 is 0 Å². The summed E-state index contributed by atoms with van der Waals surface area (Å²) in [4.78, 5) is 0. The highest BCUT2D eigenvalue weighted by molar-refractivity contribution is 5.38. The zero-order valence-corrected chi connectivity index (χ0v) is 15.3. The summed E-state index contributed by atoms with van der Waals surface area (Å²) in [6, 6.07) is 16.5. The molecule has 3 rings (SSSR count). The van der Waals surface area contributed by atoms with Gasteiger partial charge in [-0.15, -0.1) is 0 Å². The molecule has 4 heteroatoms. The van der Waals surface area contributed by atoms with Crippen LogP contribution in [0.4, 0.5) is 0 Å². The van der Waals surface area contributed by atoms with Gasteiger partial charge in [-0.05, 0) is 39.0 Å². The molecule has 3 aromatic rings. The van der Waals surface area contributed by atoms with Crippen LogP contribution in [0.1, 0.15) is 28.1 Å². The van der Waals surface area contributed by atoms with Crippen molar-refractivity contribution in [2.45, 2.75) is 33.9 Å². The molecule has 2 aromatic carbocycles. The number of para-hydroxylation sites is 1. The Morgan fingerprint density at radius 2 is 1.76 bits per heavy atom. The van der Waals surface area contributed by atoms with E-state index >= 15 is 0 Å². The first-order valence-corrected chi connectivity index (χ1v) is 8.55. The molecule has 130 valence electrons. The van der Waals surface area contributed by atoms with Gasteiger partial charge in [0.25, 0.3) is 0 Å². The summed E-state index contributed by atoms with van der Waals surface area (Å²) in [7, 11) is 1.71. The van der Waals surface area contributed by atoms with Crippen molar-refractivity contribution in [1.82, 2.24) is 15.1 Å². The van der Waals surface area contributed by atoms with E-state index in [1.54, 1.807) is 7.11 Å². The fraction of sp³-hybridized carbons (Fsp3) is 0.286. The largest absolute Gasteiger partial charge is 0.496 e. The topological polar surface area (TPSA) is 39.1 Å². The zero-order valence-electron chi connectivity index (χ0n) is 15.3. The molecule has 0 bridgehead atoms. The average molecular weight is 335 g/mol. The van der Waals surface area contributed by atoms with Gasteiger partial charge in [-0.25, -0.2) is 4.68 Å². The van der Waals surface area contributed by atoms with Gasteiger partial charge in [-0.3, -0.25) is 0 Å². The molecule has 0 radical (unpaired) electrons. The molecule has 0 aliphatic rings. The van der Waals surface area contributed by atoms with Gasteiger partial charge in [-0.1, -0.05) is 35.9 Å². The second kappa shape index (κ2) is 7.53. The Morgan fingerprint density at radius 3 is 2.48 bits per heavy atom. The first kappa shape index (κ1) is 17.2. The van der Waals surface area contributed by atoms with E-state index in [0.717, 1.165) is 30.2 Å². The van der Waals surface area contributed by atoms with Crippen LogP contribution in [0.5, 0.6) is 5.75 Å². The number of ether oxygens (including phenoxy) is 1. The Hall–Kier alpha value is -2.59. The lowest BCUT2D eigenvalue weighted by molar-refractivity contribution is 0.407. The molecule has 1 heterocycles. The van der Waals surface area contributed by atoms with Crippen molar-refractivity contribution in [3.63, 3.8) is 0 Å². The van der Waals surface area contributed by atoms with Gasteiger partial charge in [-0.2, -0.15) is 5.10 Å². The average Bonchev–Trinajstić information content (AvgIpc) is 2.91. The van der Waals surface area contributed by atoms with E-state index in [0.29, 0.717) is 0 Å². The number of aromatic nitrogens is 2. The second-order valence-electron chi connectivity index (χ2n) is 6.32. The van der Waals surface area contributed by atoms with Crippen LogP contribution in [0.3, 0.4) is 0 Å². The Labute approximate surface area is 149 Å². The normalized spacial score (nSPS) is 10.9. The number of hydrogen-bond donors (Lipinski definition) is 1. The van der Waals surface area contributed by atoms with Crippen LogP contribution >= 0.6 is 0 Å². The van der Waals surface area contributed by atoms with Gasteiger partial charge in [0, 0.05) is 29.9 Å². The van der Waals surface area contributed by atoms with Crippen LogP contribution in [0.2, 0.25) is 0 Å². The van der Waals surface area contributed by atoms with E-state index in [2.05, 4.69) is 50.4 Å². The minimum atomic E-state index is 0.764. The summed E-state index contributed by atoms with van der Waals surface area (Å²) in [6.45, 7) is 7.83. The highest BCUT2D eigenvalue weighted by atomic mass is 16.5. The van der Waals surface area contributed by atoms with Crippen molar-refractivity contribution < 1.29 is 4.74 Å². The molecule has 0 atom stereocenters. The van der Waals surface area contributed by atoms with E-state index in [9.17, 15) is 0 Å². The van der Waals surface area contributed by atoms with Crippen LogP contribution in [-0.4, -0.2) is 16.9 Å². The molecule has 0 fully saturated rings. The number of hydrogen-bond acceptors (Lipinski definition) is 3. The molecule has 0 amide bonds. The Bertz CT molecular complexity index is 853. The fourth-order valence-corrected chi connectivity index (χ4v) is 3.12. The molecular weight excluding hydrogens is 310 g/mol. The number of nitrogens with zero attached hydrogens (tertiary/aromatic N) is 2. The van der Waals surface area contributed by atoms with E-state index in [1.807, 2.05) is 28.9 Å². The van der Waals surface area contributed by atoms with Gasteiger partial charge in [0.1, 0.15) is 5.75 Å². The van der Waals surface area contributed by atoms with Crippen molar-refractivity contribution in [3.05, 3.63) is 76.6 Å². The number of methoxy groups -OCH3 is 1. The van der Waals surface area contributed by atoms with Crippen molar-refractivity contribution in [3.8, 4) is 11.4 Å². The van der Waals surface area contributed by atoms with Crippen LogP contribution < -0.4 is 10.1 Å². The summed E-state index contributed by atoms with van der Waals surface area (Å²) in [6.07, 6.45) is 0. The molecule has 1 N–H and O–H groups in total. The highest BCUT2D eigenvalue weighted by Crippen LogP contribution is 2.21. The monoisotopic (exact) mass is 335 g/mol. The second-order valence-corrected chi connectivity index (χ2v) is 6.32. The van der Waals surface area contributed by atoms with Gasteiger partial charge in [0.2, 0.25) is 0 Å². The minimum Gasteiger partial charge on any atom is -0.496 e. The van der Waals surface area contributed by atoms with E-state index < -0.39 is 0 Å². The summed E-state index contributed by atoms with van der Waals surface area (Å²) >= 11 is 0. The Balaban J connectivity index is 1.74. The summed E-state index contributed by atoms with van der Waals surface area (Å²) in [5, 5.41) is 8.24. The van der Waals surface area contributed by atoms with Crippen molar-refractivity contribution in [2.75, 3.05) is 7.11 Å². The zero-order chi connectivity index (χ0) is 17.8. The molecule has 25 heavy (non-hydrogen) atoms. The number of aryl methyl sites for hydroxylation is 2. The maximum absolute atomic E-state index is 5.46. The third kappa shape index (κ3) is 3.74. The molecule has 0 saturated heterocycles. The maximum atomic E-state index is 5.46.